The summed E-state index contributed by atoms with van der Waals surface area (Å²) in [6.45, 7) is 6.47. The summed E-state index contributed by atoms with van der Waals surface area (Å²) < 4.78 is 5.80. The number of piperidine rings is 1. The van der Waals surface area contributed by atoms with Crippen LogP contribution in [0.2, 0.25) is 0 Å². The number of anilines is 1. The Morgan fingerprint density at radius 3 is 3.12 bits per heavy atom. The third-order valence-corrected chi connectivity index (χ3v) is 4.79. The van der Waals surface area contributed by atoms with Crippen LogP contribution >= 0.6 is 0 Å². The topological polar surface area (TPSA) is 70.6 Å². The molecule has 0 unspecified atom stereocenters. The maximum Gasteiger partial charge on any atom is 0.236 e. The molecule has 1 aromatic rings. The van der Waals surface area contributed by atoms with E-state index < -0.39 is 0 Å². The summed E-state index contributed by atoms with van der Waals surface area (Å²) in [5.74, 6) is 1.00. The molecule has 0 aromatic carbocycles. The van der Waals surface area contributed by atoms with Gasteiger partial charge in [0.05, 0.1) is 19.3 Å². The lowest BCUT2D eigenvalue weighted by Gasteiger charge is -2.37. The molecule has 1 aromatic heterocycles. The molecule has 0 spiro atoms. The van der Waals surface area contributed by atoms with E-state index in [4.69, 9.17) is 4.74 Å². The largest absolute Gasteiger partial charge is 0.374 e. The molecule has 2 aliphatic heterocycles. The van der Waals surface area contributed by atoms with Crippen LogP contribution in [0.1, 0.15) is 26.2 Å². The van der Waals surface area contributed by atoms with Crippen molar-refractivity contribution in [1.29, 1.82) is 0 Å². The molecule has 132 valence electrons. The zero-order valence-corrected chi connectivity index (χ0v) is 14.4. The zero-order valence-electron chi connectivity index (χ0n) is 14.4. The number of rotatable bonds is 5. The van der Waals surface area contributed by atoms with Crippen LogP contribution in [0.4, 0.5) is 5.82 Å². The predicted molar refractivity (Wildman–Crippen MR) is 91.7 cm³/mol. The highest BCUT2D eigenvalue weighted by molar-refractivity contribution is 5.78. The van der Waals surface area contributed by atoms with Crippen LogP contribution in [0.5, 0.6) is 0 Å². The molecular weight excluding hydrogens is 306 g/mol. The molecule has 1 N–H and O–H groups in total. The summed E-state index contributed by atoms with van der Waals surface area (Å²) in [5.41, 5.74) is 0. The van der Waals surface area contributed by atoms with Gasteiger partial charge in [0, 0.05) is 38.4 Å². The average Bonchev–Trinajstić information content (AvgIpc) is 2.61. The van der Waals surface area contributed by atoms with Gasteiger partial charge in [-0.25, -0.2) is 0 Å². The van der Waals surface area contributed by atoms with E-state index >= 15 is 0 Å². The summed E-state index contributed by atoms with van der Waals surface area (Å²) in [6.07, 6.45) is 5.20. The SMILES string of the molecule is C[C@H]1CCCCN1C(=O)CN1CCO[C@H](CNc2cccnn2)C1. The number of morpholine rings is 1. The van der Waals surface area contributed by atoms with Gasteiger partial charge in [0.1, 0.15) is 5.82 Å². The van der Waals surface area contributed by atoms with Crippen LogP contribution < -0.4 is 5.32 Å². The summed E-state index contributed by atoms with van der Waals surface area (Å²) in [7, 11) is 0. The first-order valence-corrected chi connectivity index (χ1v) is 8.87. The average molecular weight is 333 g/mol. The number of hydrogen-bond acceptors (Lipinski definition) is 6. The Labute approximate surface area is 143 Å². The van der Waals surface area contributed by atoms with Gasteiger partial charge in [0.2, 0.25) is 5.91 Å². The number of carbonyl (C=O) groups excluding carboxylic acids is 1. The van der Waals surface area contributed by atoms with Crippen molar-refractivity contribution in [1.82, 2.24) is 20.0 Å². The van der Waals surface area contributed by atoms with Crippen LogP contribution in [0, 0.1) is 0 Å². The third kappa shape index (κ3) is 4.64. The molecule has 0 saturated carbocycles. The minimum Gasteiger partial charge on any atom is -0.374 e. The number of aromatic nitrogens is 2. The van der Waals surface area contributed by atoms with E-state index in [1.165, 1.54) is 6.42 Å². The van der Waals surface area contributed by atoms with Crippen molar-refractivity contribution >= 4 is 11.7 Å². The molecule has 0 bridgehead atoms. The van der Waals surface area contributed by atoms with Gasteiger partial charge in [-0.15, -0.1) is 5.10 Å². The summed E-state index contributed by atoms with van der Waals surface area (Å²) in [5, 5.41) is 11.1. The Morgan fingerprint density at radius 1 is 1.42 bits per heavy atom. The Morgan fingerprint density at radius 2 is 2.33 bits per heavy atom. The van der Waals surface area contributed by atoms with Crippen LogP contribution in [0.15, 0.2) is 18.3 Å². The van der Waals surface area contributed by atoms with E-state index in [1.54, 1.807) is 6.20 Å². The van der Waals surface area contributed by atoms with Crippen LogP contribution in [-0.4, -0.2) is 77.4 Å². The number of hydrogen-bond donors (Lipinski definition) is 1. The van der Waals surface area contributed by atoms with Crippen molar-refractivity contribution < 1.29 is 9.53 Å². The molecular formula is C17H27N5O2. The Balaban J connectivity index is 1.45. The van der Waals surface area contributed by atoms with Crippen LogP contribution in [0.3, 0.4) is 0 Å². The van der Waals surface area contributed by atoms with Gasteiger partial charge in [0.25, 0.3) is 0 Å². The fourth-order valence-corrected chi connectivity index (χ4v) is 3.41. The van der Waals surface area contributed by atoms with Gasteiger partial charge in [-0.3, -0.25) is 9.69 Å². The number of carbonyl (C=O) groups is 1. The van der Waals surface area contributed by atoms with E-state index in [1.807, 2.05) is 17.0 Å². The van der Waals surface area contributed by atoms with E-state index in [0.29, 0.717) is 25.7 Å². The summed E-state index contributed by atoms with van der Waals surface area (Å²) >= 11 is 0. The monoisotopic (exact) mass is 333 g/mol. The first-order chi connectivity index (χ1) is 11.7. The van der Waals surface area contributed by atoms with Gasteiger partial charge < -0.3 is 15.0 Å². The molecule has 2 aliphatic rings. The molecule has 1 amide bonds. The zero-order chi connectivity index (χ0) is 16.8. The molecule has 2 atom stereocenters. The van der Waals surface area contributed by atoms with Crippen LogP contribution in [0.25, 0.3) is 0 Å². The Hall–Kier alpha value is -1.73. The second-order valence-electron chi connectivity index (χ2n) is 6.65. The lowest BCUT2D eigenvalue weighted by molar-refractivity contribution is -0.137. The molecule has 0 aliphatic carbocycles. The number of amides is 1. The standard InChI is InChI=1S/C17H27N5O2/c1-14-5-2-3-8-22(14)17(23)13-21-9-10-24-15(12-21)11-18-16-6-4-7-19-20-16/h4,6-7,14-15H,2-3,5,8-13H2,1H3,(H,18,20)/t14-,15+/m0/s1. The molecule has 3 heterocycles. The Bertz CT molecular complexity index is 527. The first kappa shape index (κ1) is 17.1. The normalized spacial score (nSPS) is 25.5. The third-order valence-electron chi connectivity index (χ3n) is 4.79. The predicted octanol–water partition coefficient (Wildman–Crippen LogP) is 0.990. The number of ether oxygens (including phenoxy) is 1. The van der Waals surface area contributed by atoms with Crippen molar-refractivity contribution in [3.8, 4) is 0 Å². The van der Waals surface area contributed by atoms with Gasteiger partial charge in [0.15, 0.2) is 0 Å². The highest BCUT2D eigenvalue weighted by Gasteiger charge is 2.27. The molecule has 24 heavy (non-hydrogen) atoms. The second kappa shape index (κ2) is 8.39. The van der Waals surface area contributed by atoms with Gasteiger partial charge in [-0.2, -0.15) is 5.10 Å². The Kier molecular flexibility index (Phi) is 5.98. The minimum absolute atomic E-state index is 0.0623. The molecule has 0 radical (unpaired) electrons. The highest BCUT2D eigenvalue weighted by atomic mass is 16.5. The van der Waals surface area contributed by atoms with Gasteiger partial charge in [-0.05, 0) is 38.3 Å². The van der Waals surface area contributed by atoms with Crippen LogP contribution in [-0.2, 0) is 9.53 Å². The second-order valence-corrected chi connectivity index (χ2v) is 6.65. The highest BCUT2D eigenvalue weighted by Crippen LogP contribution is 2.17. The van der Waals surface area contributed by atoms with Gasteiger partial charge in [-0.1, -0.05) is 0 Å². The van der Waals surface area contributed by atoms with Crippen molar-refractivity contribution in [3.05, 3.63) is 18.3 Å². The lowest BCUT2D eigenvalue weighted by Crippen LogP contribution is -2.51. The van der Waals surface area contributed by atoms with Crippen molar-refractivity contribution in [2.45, 2.75) is 38.3 Å². The minimum atomic E-state index is 0.0623. The lowest BCUT2D eigenvalue weighted by atomic mass is 10.0. The quantitative estimate of drug-likeness (QED) is 0.866. The van der Waals surface area contributed by atoms with Crippen molar-refractivity contribution in [2.24, 2.45) is 0 Å². The molecule has 2 fully saturated rings. The van der Waals surface area contributed by atoms with Crippen molar-refractivity contribution in [3.63, 3.8) is 0 Å². The maximum absolute atomic E-state index is 12.6. The summed E-state index contributed by atoms with van der Waals surface area (Å²) in [4.78, 5) is 16.8. The molecule has 2 saturated heterocycles. The number of nitrogens with one attached hydrogen (secondary N) is 1. The molecule has 7 heteroatoms. The molecule has 7 nitrogen and oxygen atoms in total. The fraction of sp³-hybridized carbons (Fsp3) is 0.706. The molecule has 3 rings (SSSR count). The maximum atomic E-state index is 12.6. The number of nitrogens with zero attached hydrogens (tertiary/aromatic N) is 4. The number of likely N-dealkylation sites (tertiary alicyclic amines) is 1. The van der Waals surface area contributed by atoms with E-state index in [2.05, 4.69) is 27.3 Å². The first-order valence-electron chi connectivity index (χ1n) is 8.87. The van der Waals surface area contributed by atoms with E-state index in [9.17, 15) is 4.79 Å². The van der Waals surface area contributed by atoms with Crippen molar-refractivity contribution in [2.75, 3.05) is 44.6 Å². The van der Waals surface area contributed by atoms with Gasteiger partial charge >= 0.3 is 0 Å². The summed E-state index contributed by atoms with van der Waals surface area (Å²) in [6, 6.07) is 4.11. The van der Waals surface area contributed by atoms with E-state index in [0.717, 1.165) is 38.3 Å². The smallest absolute Gasteiger partial charge is 0.236 e. The van der Waals surface area contributed by atoms with E-state index in [-0.39, 0.29) is 12.0 Å². The fourth-order valence-electron chi connectivity index (χ4n) is 3.41.